The zero-order chi connectivity index (χ0) is 27.4. The highest BCUT2D eigenvalue weighted by molar-refractivity contribution is 5.96. The minimum absolute atomic E-state index is 0.0164. The topological polar surface area (TPSA) is 129 Å². The molecule has 3 N–H and O–H groups in total. The smallest absolute Gasteiger partial charge is 0.419 e. The molecule has 0 bridgehead atoms. The summed E-state index contributed by atoms with van der Waals surface area (Å²) < 4.78 is 45.6. The number of primary amides is 1. The molecule has 0 spiro atoms. The van der Waals surface area contributed by atoms with Crippen LogP contribution in [0, 0.1) is 28.8 Å². The molecule has 9 nitrogen and oxygen atoms in total. The van der Waals surface area contributed by atoms with Crippen molar-refractivity contribution < 1.29 is 32.3 Å². The zero-order valence-electron chi connectivity index (χ0n) is 20.3. The average molecular weight is 530 g/mol. The van der Waals surface area contributed by atoms with E-state index in [0.717, 1.165) is 49.7 Å². The van der Waals surface area contributed by atoms with Gasteiger partial charge in [0.15, 0.2) is 11.6 Å². The van der Waals surface area contributed by atoms with Crippen molar-refractivity contribution >= 4 is 18.0 Å². The van der Waals surface area contributed by atoms with Crippen LogP contribution in [0.25, 0.3) is 0 Å². The molecule has 0 aliphatic carbocycles. The summed E-state index contributed by atoms with van der Waals surface area (Å²) >= 11 is 0. The fourth-order valence-corrected chi connectivity index (χ4v) is 4.95. The normalized spacial score (nSPS) is 20.2. The molecule has 2 aromatic rings. The summed E-state index contributed by atoms with van der Waals surface area (Å²) in [6.07, 6.45) is -0.524. The number of carbonyl (C=O) groups excluding carboxylic acids is 3. The van der Waals surface area contributed by atoms with Crippen LogP contribution in [0.3, 0.4) is 0 Å². The Morgan fingerprint density at radius 1 is 1.11 bits per heavy atom. The molecule has 4 rings (SSSR count). The first-order valence-corrected chi connectivity index (χ1v) is 12.1. The van der Waals surface area contributed by atoms with E-state index in [1.54, 1.807) is 6.07 Å². The van der Waals surface area contributed by atoms with Gasteiger partial charge in [-0.05, 0) is 80.2 Å². The van der Waals surface area contributed by atoms with Crippen LogP contribution < -0.4 is 11.1 Å². The second-order valence-electron chi connectivity index (χ2n) is 9.24. The number of benzene rings is 2. The maximum absolute atomic E-state index is 13.8. The fraction of sp³-hybridized carbons (Fsp3) is 0.385. The molecular weight excluding hydrogens is 503 g/mol. The lowest BCUT2D eigenvalue weighted by molar-refractivity contribution is -0.125. The van der Waals surface area contributed by atoms with E-state index in [0.29, 0.717) is 23.4 Å². The third-order valence-electron chi connectivity index (χ3n) is 6.86. The molecule has 4 amide bonds. The molecule has 2 atom stereocenters. The number of carbonyl (C=O) groups is 3. The van der Waals surface area contributed by atoms with E-state index < -0.39 is 47.6 Å². The number of nitrogens with two attached hydrogens (primary N) is 1. The summed E-state index contributed by atoms with van der Waals surface area (Å²) in [5.41, 5.74) is 6.50. The number of nitriles is 1. The predicted octanol–water partition coefficient (Wildman–Crippen LogP) is 3.30. The van der Waals surface area contributed by atoms with Gasteiger partial charge in [0.1, 0.15) is 11.9 Å². The van der Waals surface area contributed by atoms with E-state index in [9.17, 15) is 32.8 Å². The molecule has 2 heterocycles. The minimum Gasteiger partial charge on any atom is -0.433 e. The van der Waals surface area contributed by atoms with Crippen LogP contribution in [0.15, 0.2) is 36.4 Å². The van der Waals surface area contributed by atoms with Gasteiger partial charge < -0.3 is 20.7 Å². The van der Waals surface area contributed by atoms with Gasteiger partial charge in [0, 0.05) is 6.54 Å². The van der Waals surface area contributed by atoms with Crippen molar-refractivity contribution in [3.8, 4) is 6.07 Å². The van der Waals surface area contributed by atoms with E-state index in [-0.39, 0.29) is 18.0 Å². The van der Waals surface area contributed by atoms with E-state index >= 15 is 0 Å². The van der Waals surface area contributed by atoms with Crippen LogP contribution in [0.5, 0.6) is 0 Å². The Balaban J connectivity index is 1.30. The van der Waals surface area contributed by atoms with Crippen molar-refractivity contribution in [3.63, 3.8) is 0 Å². The lowest BCUT2D eigenvalue weighted by Gasteiger charge is -2.32. The summed E-state index contributed by atoms with van der Waals surface area (Å²) in [7, 11) is 0. The quantitative estimate of drug-likeness (QED) is 0.530. The minimum atomic E-state index is -1.55. The highest BCUT2D eigenvalue weighted by atomic mass is 19.2. The van der Waals surface area contributed by atoms with Crippen molar-refractivity contribution in [2.24, 2.45) is 5.73 Å². The number of urea groups is 1. The number of hydrogen-bond donors (Lipinski definition) is 2. The molecular formula is C26H26F3N5O4. The van der Waals surface area contributed by atoms with Gasteiger partial charge in [-0.3, -0.25) is 4.79 Å². The first-order chi connectivity index (χ1) is 18.2. The number of cyclic esters (lactones) is 1. The Bertz CT molecular complexity index is 1280. The molecule has 2 saturated heterocycles. The molecule has 12 heteroatoms. The maximum atomic E-state index is 13.8. The van der Waals surface area contributed by atoms with Gasteiger partial charge in [-0.15, -0.1) is 0 Å². The summed E-state index contributed by atoms with van der Waals surface area (Å²) in [6, 6.07) is 6.90. The molecule has 0 radical (unpaired) electrons. The number of nitrogens with zero attached hydrogens (tertiary/aromatic N) is 3. The highest BCUT2D eigenvalue weighted by Crippen LogP contribution is 2.34. The van der Waals surface area contributed by atoms with E-state index in [2.05, 4.69) is 16.3 Å². The van der Waals surface area contributed by atoms with E-state index in [4.69, 9.17) is 10.5 Å². The summed E-state index contributed by atoms with van der Waals surface area (Å²) in [5.74, 6) is -3.65. The fourth-order valence-electron chi connectivity index (χ4n) is 4.95. The molecule has 0 saturated carbocycles. The van der Waals surface area contributed by atoms with Crippen LogP contribution >= 0.6 is 0 Å². The first-order valence-electron chi connectivity index (χ1n) is 12.1. The molecule has 2 unspecified atom stereocenters. The number of likely N-dealkylation sites (tertiary alicyclic amines) is 1. The van der Waals surface area contributed by atoms with Crippen molar-refractivity contribution in [1.29, 1.82) is 5.26 Å². The number of rotatable bonds is 7. The van der Waals surface area contributed by atoms with Crippen LogP contribution in [-0.2, 0) is 9.53 Å². The molecule has 0 aromatic heterocycles. The van der Waals surface area contributed by atoms with Gasteiger partial charge in [-0.2, -0.15) is 5.26 Å². The lowest BCUT2D eigenvalue weighted by atomic mass is 9.86. The predicted molar refractivity (Wildman–Crippen MR) is 128 cm³/mol. The van der Waals surface area contributed by atoms with Gasteiger partial charge in [0.25, 0.3) is 5.91 Å². The third kappa shape index (κ3) is 5.73. The second-order valence-corrected chi connectivity index (χ2v) is 9.24. The number of nitrogens with one attached hydrogen (secondary N) is 1. The van der Waals surface area contributed by atoms with Gasteiger partial charge in [0.05, 0.1) is 11.6 Å². The summed E-state index contributed by atoms with van der Waals surface area (Å²) in [4.78, 5) is 39.9. The Hall–Kier alpha value is -4.11. The van der Waals surface area contributed by atoms with E-state index in [1.165, 1.54) is 12.1 Å². The zero-order valence-corrected chi connectivity index (χ0v) is 20.3. The number of ether oxygens (including phenoxy) is 1. The number of imide groups is 1. The Morgan fingerprint density at radius 3 is 2.50 bits per heavy atom. The highest BCUT2D eigenvalue weighted by Gasteiger charge is 2.49. The molecule has 2 aliphatic heterocycles. The Kier molecular flexibility index (Phi) is 8.16. The van der Waals surface area contributed by atoms with Crippen LogP contribution in [0.4, 0.5) is 22.8 Å². The largest absolute Gasteiger partial charge is 0.433 e. The van der Waals surface area contributed by atoms with E-state index in [1.807, 2.05) is 0 Å². The maximum Gasteiger partial charge on any atom is 0.419 e. The molecule has 2 aromatic carbocycles. The lowest BCUT2D eigenvalue weighted by Crippen LogP contribution is -2.45. The molecule has 38 heavy (non-hydrogen) atoms. The van der Waals surface area contributed by atoms with Gasteiger partial charge in [-0.25, -0.2) is 27.7 Å². The summed E-state index contributed by atoms with van der Waals surface area (Å²) in [6.45, 7) is 2.38. The van der Waals surface area contributed by atoms with Crippen LogP contribution in [0.2, 0.25) is 0 Å². The molecule has 200 valence electrons. The number of piperidine rings is 1. The summed E-state index contributed by atoms with van der Waals surface area (Å²) in [5, 5.41) is 11.9. The second kappa shape index (κ2) is 11.5. The van der Waals surface area contributed by atoms with Crippen molar-refractivity contribution in [1.82, 2.24) is 15.1 Å². The van der Waals surface area contributed by atoms with Crippen LogP contribution in [-0.4, -0.2) is 60.1 Å². The van der Waals surface area contributed by atoms with Crippen molar-refractivity contribution in [2.75, 3.05) is 26.2 Å². The molecule has 2 fully saturated rings. The Labute approximate surface area is 216 Å². The standard InChI is InChI=1S/C26H26F3N5O4/c27-18-3-4-19(17(12-18)14-30)15-6-10-33(11-7-15)9-1-8-32-25(36)34-22(23(24(31)35)38-26(34)37)16-2-5-20(28)21(29)13-16/h2-5,12-13,15,22-23H,1,6-11H2,(H2,31,35)(H,32,36). The monoisotopic (exact) mass is 529 g/mol. The van der Waals surface area contributed by atoms with Crippen LogP contribution in [0.1, 0.15) is 47.9 Å². The first kappa shape index (κ1) is 26.9. The number of amides is 4. The third-order valence-corrected chi connectivity index (χ3v) is 6.86. The number of hydrogen-bond acceptors (Lipinski definition) is 6. The van der Waals surface area contributed by atoms with Gasteiger partial charge in [0.2, 0.25) is 6.10 Å². The van der Waals surface area contributed by atoms with Gasteiger partial charge in [-0.1, -0.05) is 12.1 Å². The number of halogens is 3. The van der Waals surface area contributed by atoms with Crippen molar-refractivity contribution in [3.05, 3.63) is 70.5 Å². The van der Waals surface area contributed by atoms with Crippen molar-refractivity contribution in [2.45, 2.75) is 37.3 Å². The average Bonchev–Trinajstić information content (AvgIpc) is 3.26. The molecule has 2 aliphatic rings. The van der Waals surface area contributed by atoms with Gasteiger partial charge >= 0.3 is 12.1 Å². The SMILES string of the molecule is N#Cc1cc(F)ccc1C1CCN(CCCNC(=O)N2C(=O)OC(C(N)=O)C2c2ccc(F)c(F)c2)CC1. The Morgan fingerprint density at radius 2 is 1.84 bits per heavy atom.